The Labute approximate surface area is 101 Å². The molecule has 0 unspecified atom stereocenters. The van der Waals surface area contributed by atoms with E-state index in [1.54, 1.807) is 0 Å². The molecule has 16 heavy (non-hydrogen) atoms. The highest BCUT2D eigenvalue weighted by atomic mass is 35.5. The van der Waals surface area contributed by atoms with Gasteiger partial charge in [0.2, 0.25) is 0 Å². The zero-order chi connectivity index (χ0) is 11.4. The first-order valence-electron chi connectivity index (χ1n) is 5.60. The minimum Gasteiger partial charge on any atom is -0.492 e. The third-order valence-corrected chi connectivity index (χ3v) is 3.05. The zero-order valence-electron chi connectivity index (χ0n) is 9.23. The van der Waals surface area contributed by atoms with E-state index < -0.39 is 0 Å². The summed E-state index contributed by atoms with van der Waals surface area (Å²) in [7, 11) is 0. The average molecular weight is 241 g/mol. The van der Waals surface area contributed by atoms with Crippen LogP contribution in [0.2, 0.25) is 5.02 Å². The Morgan fingerprint density at radius 3 is 2.75 bits per heavy atom. The van der Waals surface area contributed by atoms with Gasteiger partial charge in [-0.3, -0.25) is 4.90 Å². The van der Waals surface area contributed by atoms with Crippen LogP contribution in [-0.4, -0.2) is 37.2 Å². The van der Waals surface area contributed by atoms with Crippen LogP contribution in [0.3, 0.4) is 0 Å². The lowest BCUT2D eigenvalue weighted by molar-refractivity contribution is 0.236. The van der Waals surface area contributed by atoms with Crippen molar-refractivity contribution in [2.45, 2.75) is 12.5 Å². The van der Waals surface area contributed by atoms with Crippen molar-refractivity contribution in [3.05, 3.63) is 29.3 Å². The van der Waals surface area contributed by atoms with Gasteiger partial charge in [0.15, 0.2) is 0 Å². The van der Waals surface area contributed by atoms with Crippen LogP contribution in [0.1, 0.15) is 6.42 Å². The largest absolute Gasteiger partial charge is 0.492 e. The van der Waals surface area contributed by atoms with E-state index >= 15 is 0 Å². The van der Waals surface area contributed by atoms with Gasteiger partial charge in [-0.05, 0) is 37.2 Å². The molecule has 2 N–H and O–H groups in total. The fraction of sp³-hybridized carbons (Fsp3) is 0.500. The zero-order valence-corrected chi connectivity index (χ0v) is 9.99. The highest BCUT2D eigenvalue weighted by molar-refractivity contribution is 6.30. The first-order chi connectivity index (χ1) is 7.74. The van der Waals surface area contributed by atoms with Crippen LogP contribution < -0.4 is 10.5 Å². The average Bonchev–Trinajstić information content (AvgIpc) is 2.67. The molecule has 1 saturated heterocycles. The molecule has 1 aromatic rings. The van der Waals surface area contributed by atoms with Gasteiger partial charge in [0.25, 0.3) is 0 Å². The number of nitrogens with two attached hydrogens (primary N) is 1. The third kappa shape index (κ3) is 3.37. The van der Waals surface area contributed by atoms with E-state index in [1.165, 1.54) is 0 Å². The second kappa shape index (κ2) is 5.53. The van der Waals surface area contributed by atoms with Crippen molar-refractivity contribution >= 4 is 11.6 Å². The molecule has 1 aliphatic heterocycles. The van der Waals surface area contributed by atoms with Crippen LogP contribution in [0.25, 0.3) is 0 Å². The van der Waals surface area contributed by atoms with E-state index in [-0.39, 0.29) is 0 Å². The Bertz CT molecular complexity index is 328. The Kier molecular flexibility index (Phi) is 4.04. The normalized spacial score (nSPS) is 21.2. The van der Waals surface area contributed by atoms with Crippen LogP contribution in [0, 0.1) is 0 Å². The topological polar surface area (TPSA) is 38.5 Å². The molecule has 0 saturated carbocycles. The van der Waals surface area contributed by atoms with Crippen LogP contribution >= 0.6 is 11.6 Å². The molecular weight excluding hydrogens is 224 g/mol. The van der Waals surface area contributed by atoms with Crippen LogP contribution in [0.15, 0.2) is 24.3 Å². The summed E-state index contributed by atoms with van der Waals surface area (Å²) in [6.45, 7) is 3.72. The molecule has 0 aliphatic carbocycles. The quantitative estimate of drug-likeness (QED) is 0.872. The number of hydrogen-bond donors (Lipinski definition) is 1. The van der Waals surface area contributed by atoms with Crippen LogP contribution in [0.5, 0.6) is 5.75 Å². The predicted molar refractivity (Wildman–Crippen MR) is 66.0 cm³/mol. The maximum absolute atomic E-state index is 5.83. The number of nitrogens with zero attached hydrogens (tertiary/aromatic N) is 1. The molecule has 3 nitrogen and oxygen atoms in total. The monoisotopic (exact) mass is 240 g/mol. The van der Waals surface area contributed by atoms with E-state index in [9.17, 15) is 0 Å². The number of ether oxygens (including phenoxy) is 1. The molecule has 1 fully saturated rings. The van der Waals surface area contributed by atoms with E-state index in [2.05, 4.69) is 4.90 Å². The molecule has 0 spiro atoms. The summed E-state index contributed by atoms with van der Waals surface area (Å²) >= 11 is 5.79. The molecule has 1 atom stereocenters. The van der Waals surface area contributed by atoms with Gasteiger partial charge in [0.05, 0.1) is 0 Å². The number of rotatable bonds is 4. The van der Waals surface area contributed by atoms with Gasteiger partial charge in [-0.2, -0.15) is 0 Å². The number of hydrogen-bond acceptors (Lipinski definition) is 3. The summed E-state index contributed by atoms with van der Waals surface area (Å²) in [6, 6.07) is 7.79. The third-order valence-electron chi connectivity index (χ3n) is 2.80. The number of halogens is 1. The minimum atomic E-state index is 0.343. The lowest BCUT2D eigenvalue weighted by atomic mass is 10.3. The minimum absolute atomic E-state index is 0.343. The number of benzene rings is 1. The van der Waals surface area contributed by atoms with Crippen molar-refractivity contribution in [2.75, 3.05) is 26.2 Å². The van der Waals surface area contributed by atoms with Gasteiger partial charge in [-0.25, -0.2) is 0 Å². The van der Waals surface area contributed by atoms with Gasteiger partial charge in [0.1, 0.15) is 12.4 Å². The van der Waals surface area contributed by atoms with Crippen molar-refractivity contribution in [3.63, 3.8) is 0 Å². The summed E-state index contributed by atoms with van der Waals surface area (Å²) in [4.78, 5) is 2.33. The molecule has 0 amide bonds. The van der Waals surface area contributed by atoms with Gasteiger partial charge in [0, 0.05) is 24.2 Å². The molecule has 1 heterocycles. The predicted octanol–water partition coefficient (Wildman–Crippen LogP) is 1.75. The molecule has 0 aromatic heterocycles. The molecule has 88 valence electrons. The van der Waals surface area contributed by atoms with Crippen molar-refractivity contribution in [1.29, 1.82) is 0 Å². The SMILES string of the molecule is N[C@@H]1CCN(CCOc2ccc(Cl)cc2)C1. The molecule has 1 aliphatic rings. The summed E-state index contributed by atoms with van der Waals surface area (Å²) in [5.41, 5.74) is 5.83. The van der Waals surface area contributed by atoms with Gasteiger partial charge < -0.3 is 10.5 Å². The highest BCUT2D eigenvalue weighted by Gasteiger charge is 2.18. The lowest BCUT2D eigenvalue weighted by Crippen LogP contribution is -2.29. The molecule has 1 aromatic carbocycles. The summed E-state index contributed by atoms with van der Waals surface area (Å²) in [6.07, 6.45) is 1.10. The molecule has 0 radical (unpaired) electrons. The maximum atomic E-state index is 5.83. The maximum Gasteiger partial charge on any atom is 0.119 e. The smallest absolute Gasteiger partial charge is 0.119 e. The van der Waals surface area contributed by atoms with Crippen LogP contribution in [0.4, 0.5) is 0 Å². The van der Waals surface area contributed by atoms with Gasteiger partial charge in [-0.15, -0.1) is 0 Å². The summed E-state index contributed by atoms with van der Waals surface area (Å²) in [5, 5.41) is 0.734. The highest BCUT2D eigenvalue weighted by Crippen LogP contribution is 2.15. The van der Waals surface area contributed by atoms with Crippen molar-refractivity contribution in [2.24, 2.45) is 5.73 Å². The van der Waals surface area contributed by atoms with Crippen molar-refractivity contribution in [1.82, 2.24) is 4.90 Å². The first kappa shape index (κ1) is 11.7. The Balaban J connectivity index is 1.70. The van der Waals surface area contributed by atoms with E-state index in [0.29, 0.717) is 12.6 Å². The Hall–Kier alpha value is -0.770. The first-order valence-corrected chi connectivity index (χ1v) is 5.98. The van der Waals surface area contributed by atoms with Gasteiger partial charge >= 0.3 is 0 Å². The van der Waals surface area contributed by atoms with E-state index in [1.807, 2.05) is 24.3 Å². The Morgan fingerprint density at radius 2 is 2.12 bits per heavy atom. The van der Waals surface area contributed by atoms with Crippen molar-refractivity contribution in [3.8, 4) is 5.75 Å². The second-order valence-electron chi connectivity index (χ2n) is 4.15. The van der Waals surface area contributed by atoms with Gasteiger partial charge in [-0.1, -0.05) is 11.6 Å². The molecule has 0 bridgehead atoms. The second-order valence-corrected chi connectivity index (χ2v) is 4.59. The summed E-state index contributed by atoms with van der Waals surface area (Å²) in [5.74, 6) is 0.868. The van der Waals surface area contributed by atoms with Crippen molar-refractivity contribution < 1.29 is 4.74 Å². The summed E-state index contributed by atoms with van der Waals surface area (Å²) < 4.78 is 5.62. The standard InChI is InChI=1S/C12H17ClN2O/c13-10-1-3-12(4-2-10)16-8-7-15-6-5-11(14)9-15/h1-4,11H,5-9,14H2/t11-/m1/s1. The molecule has 2 rings (SSSR count). The van der Waals surface area contributed by atoms with E-state index in [0.717, 1.165) is 36.8 Å². The number of likely N-dealkylation sites (tertiary alicyclic amines) is 1. The van der Waals surface area contributed by atoms with Crippen LogP contribution in [-0.2, 0) is 0 Å². The van der Waals surface area contributed by atoms with E-state index in [4.69, 9.17) is 22.1 Å². The Morgan fingerprint density at radius 1 is 1.38 bits per heavy atom. The lowest BCUT2D eigenvalue weighted by Gasteiger charge is -2.15. The fourth-order valence-corrected chi connectivity index (χ4v) is 2.02. The molecule has 4 heteroatoms. The fourth-order valence-electron chi connectivity index (χ4n) is 1.89. The molecular formula is C12H17ClN2O.